The zero-order chi connectivity index (χ0) is 17.8. The summed E-state index contributed by atoms with van der Waals surface area (Å²) in [6, 6.07) is 0. The van der Waals surface area contributed by atoms with Crippen LogP contribution in [0.2, 0.25) is 0 Å². The lowest BCUT2D eigenvalue weighted by Gasteiger charge is -2.61. The van der Waals surface area contributed by atoms with E-state index in [1.165, 1.54) is 56.7 Å². The molecule has 0 saturated heterocycles. The van der Waals surface area contributed by atoms with Gasteiger partial charge in [0.1, 0.15) is 0 Å². The van der Waals surface area contributed by atoms with Crippen LogP contribution in [0.4, 0.5) is 0 Å². The zero-order valence-corrected chi connectivity index (χ0v) is 18.2. The minimum Gasteiger partial charge on any atom is -0.390 e. The van der Waals surface area contributed by atoms with E-state index in [1.54, 1.807) is 0 Å². The predicted octanol–water partition coefficient (Wildman–Crippen LogP) is 6.43. The van der Waals surface area contributed by atoms with E-state index in [9.17, 15) is 5.11 Å². The smallest absolute Gasteiger partial charge is 0.0622 e. The van der Waals surface area contributed by atoms with Crippen LogP contribution >= 0.6 is 15.9 Å². The standard InChI is InChI=1S/C23H39BrO/c1-15(14-24)20-5-4-6-21-19-8-7-16-13-22(2,25)11-9-17(16)18(19)10-12-23(20,21)3/h15-21,25H,4-14H2,1-3H3/t15-,16+,17-,18+,19+,20+,21-,22+,23+/m0/s1. The van der Waals surface area contributed by atoms with Gasteiger partial charge in [0.05, 0.1) is 5.60 Å². The lowest BCUT2D eigenvalue weighted by molar-refractivity contribution is -0.132. The number of hydrogen-bond acceptors (Lipinski definition) is 1. The monoisotopic (exact) mass is 410 g/mol. The van der Waals surface area contributed by atoms with E-state index < -0.39 is 0 Å². The maximum absolute atomic E-state index is 10.6. The highest BCUT2D eigenvalue weighted by molar-refractivity contribution is 9.09. The first kappa shape index (κ1) is 18.8. The summed E-state index contributed by atoms with van der Waals surface area (Å²) in [5, 5.41) is 11.7. The Bertz CT molecular complexity index is 488. The average Bonchev–Trinajstić information content (AvgIpc) is 2.58. The van der Waals surface area contributed by atoms with Crippen LogP contribution in [0.25, 0.3) is 0 Å². The third-order valence-electron chi connectivity index (χ3n) is 9.48. The average molecular weight is 411 g/mol. The van der Waals surface area contributed by atoms with Crippen LogP contribution in [0.1, 0.15) is 85.0 Å². The Labute approximate surface area is 163 Å². The molecule has 4 saturated carbocycles. The number of rotatable bonds is 2. The van der Waals surface area contributed by atoms with E-state index in [-0.39, 0.29) is 5.60 Å². The fraction of sp³-hybridized carbons (Fsp3) is 1.00. The molecule has 0 bridgehead atoms. The van der Waals surface area contributed by atoms with Gasteiger partial charge in [-0.25, -0.2) is 0 Å². The molecule has 0 aromatic carbocycles. The van der Waals surface area contributed by atoms with Gasteiger partial charge in [-0.2, -0.15) is 0 Å². The second kappa shape index (κ2) is 6.80. The molecule has 25 heavy (non-hydrogen) atoms. The molecule has 0 aromatic heterocycles. The Morgan fingerprint density at radius 1 is 0.960 bits per heavy atom. The SMILES string of the molecule is C[C@@H](CBr)[C@H]1CCC[C@H]2[C@@H]3CC[C@@H]4C[C@](C)(O)CC[C@@H]4[C@H]3CC[C@]12C. The first-order valence-electron chi connectivity index (χ1n) is 11.1. The van der Waals surface area contributed by atoms with E-state index >= 15 is 0 Å². The summed E-state index contributed by atoms with van der Waals surface area (Å²) in [4.78, 5) is 0. The van der Waals surface area contributed by atoms with Crippen molar-refractivity contribution in [3.63, 3.8) is 0 Å². The summed E-state index contributed by atoms with van der Waals surface area (Å²) in [7, 11) is 0. The highest BCUT2D eigenvalue weighted by Gasteiger charge is 2.56. The molecule has 4 aliphatic rings. The topological polar surface area (TPSA) is 20.2 Å². The second-order valence-corrected chi connectivity index (χ2v) is 11.5. The molecule has 0 unspecified atom stereocenters. The maximum atomic E-state index is 10.6. The van der Waals surface area contributed by atoms with E-state index in [2.05, 4.69) is 36.7 Å². The zero-order valence-electron chi connectivity index (χ0n) is 16.6. The van der Waals surface area contributed by atoms with Gasteiger partial charge in [-0.15, -0.1) is 0 Å². The van der Waals surface area contributed by atoms with E-state index in [4.69, 9.17) is 0 Å². The number of hydrogen-bond donors (Lipinski definition) is 1. The summed E-state index contributed by atoms with van der Waals surface area (Å²) in [5.74, 6) is 6.45. The Morgan fingerprint density at radius 2 is 1.72 bits per heavy atom. The third-order valence-corrected chi connectivity index (χ3v) is 10.5. The van der Waals surface area contributed by atoms with Gasteiger partial charge in [-0.3, -0.25) is 0 Å². The van der Waals surface area contributed by atoms with Crippen LogP contribution in [-0.2, 0) is 0 Å². The van der Waals surface area contributed by atoms with Crippen molar-refractivity contribution in [2.75, 3.05) is 5.33 Å². The summed E-state index contributed by atoms with van der Waals surface area (Å²) in [5.41, 5.74) is 0.220. The molecule has 0 amide bonds. The van der Waals surface area contributed by atoms with Crippen molar-refractivity contribution in [1.82, 2.24) is 0 Å². The minimum absolute atomic E-state index is 0.377. The van der Waals surface area contributed by atoms with Gasteiger partial charge in [-0.1, -0.05) is 36.2 Å². The van der Waals surface area contributed by atoms with Gasteiger partial charge in [-0.05, 0) is 112 Å². The summed E-state index contributed by atoms with van der Waals surface area (Å²) < 4.78 is 0. The number of alkyl halides is 1. The first-order chi connectivity index (χ1) is 11.9. The first-order valence-corrected chi connectivity index (χ1v) is 12.3. The van der Waals surface area contributed by atoms with Crippen LogP contribution in [0, 0.1) is 46.8 Å². The Morgan fingerprint density at radius 3 is 2.48 bits per heavy atom. The Kier molecular flexibility index (Phi) is 5.11. The Hall–Kier alpha value is 0.440. The molecule has 0 spiro atoms. The van der Waals surface area contributed by atoms with Crippen molar-refractivity contribution in [3.05, 3.63) is 0 Å². The van der Waals surface area contributed by atoms with Gasteiger partial charge in [0.15, 0.2) is 0 Å². The van der Waals surface area contributed by atoms with Crippen molar-refractivity contribution >= 4 is 15.9 Å². The molecule has 0 aliphatic heterocycles. The summed E-state index contributed by atoms with van der Waals surface area (Å²) >= 11 is 3.79. The maximum Gasteiger partial charge on any atom is 0.0622 e. The van der Waals surface area contributed by atoms with Crippen molar-refractivity contribution in [3.8, 4) is 0 Å². The van der Waals surface area contributed by atoms with Gasteiger partial charge < -0.3 is 5.11 Å². The number of fused-ring (bicyclic) bond motifs is 5. The normalized spacial score (nSPS) is 54.1. The van der Waals surface area contributed by atoms with E-state index in [0.717, 1.165) is 54.3 Å². The molecule has 4 aliphatic carbocycles. The summed E-state index contributed by atoms with van der Waals surface area (Å²) in [6.45, 7) is 7.24. The van der Waals surface area contributed by atoms with Crippen molar-refractivity contribution in [1.29, 1.82) is 0 Å². The third kappa shape index (κ3) is 3.16. The molecule has 4 rings (SSSR count). The van der Waals surface area contributed by atoms with Crippen molar-refractivity contribution < 1.29 is 5.11 Å². The number of halogens is 1. The number of aliphatic hydroxyl groups is 1. The molecule has 144 valence electrons. The highest BCUT2D eigenvalue weighted by Crippen LogP contribution is 2.64. The molecule has 1 nitrogen and oxygen atoms in total. The largest absolute Gasteiger partial charge is 0.390 e. The van der Waals surface area contributed by atoms with Crippen LogP contribution in [0.15, 0.2) is 0 Å². The lowest BCUT2D eigenvalue weighted by atomic mass is 9.44. The molecule has 0 heterocycles. The quantitative estimate of drug-likeness (QED) is 0.519. The second-order valence-electron chi connectivity index (χ2n) is 10.9. The van der Waals surface area contributed by atoms with Gasteiger partial charge >= 0.3 is 0 Å². The highest BCUT2D eigenvalue weighted by atomic mass is 79.9. The van der Waals surface area contributed by atoms with Crippen LogP contribution in [0.5, 0.6) is 0 Å². The van der Waals surface area contributed by atoms with Crippen molar-refractivity contribution in [2.45, 2.75) is 90.6 Å². The molecule has 4 fully saturated rings. The minimum atomic E-state index is -0.377. The van der Waals surface area contributed by atoms with Gasteiger partial charge in [0, 0.05) is 5.33 Å². The molecular formula is C23H39BrO. The fourth-order valence-corrected chi connectivity index (χ4v) is 8.81. The molecule has 2 heteroatoms. The van der Waals surface area contributed by atoms with Crippen LogP contribution in [-0.4, -0.2) is 16.0 Å². The fourth-order valence-electron chi connectivity index (χ4n) is 8.36. The molecule has 1 N–H and O–H groups in total. The molecule has 0 radical (unpaired) electrons. The lowest BCUT2D eigenvalue weighted by Crippen LogP contribution is -2.54. The van der Waals surface area contributed by atoms with Crippen LogP contribution in [0.3, 0.4) is 0 Å². The van der Waals surface area contributed by atoms with E-state index in [1.807, 2.05) is 0 Å². The predicted molar refractivity (Wildman–Crippen MR) is 109 cm³/mol. The van der Waals surface area contributed by atoms with Gasteiger partial charge in [0.2, 0.25) is 0 Å². The van der Waals surface area contributed by atoms with Crippen LogP contribution < -0.4 is 0 Å². The molecular weight excluding hydrogens is 372 g/mol. The molecule has 9 atom stereocenters. The van der Waals surface area contributed by atoms with E-state index in [0.29, 0.717) is 5.41 Å². The van der Waals surface area contributed by atoms with Gasteiger partial charge in [0.25, 0.3) is 0 Å². The van der Waals surface area contributed by atoms with Crippen molar-refractivity contribution in [2.24, 2.45) is 46.8 Å². The Balaban J connectivity index is 1.55. The summed E-state index contributed by atoms with van der Waals surface area (Å²) in [6.07, 6.45) is 13.6. The molecule has 0 aromatic rings.